The highest BCUT2D eigenvalue weighted by molar-refractivity contribution is 7.89. The maximum absolute atomic E-state index is 14.0. The third-order valence-electron chi connectivity index (χ3n) is 7.54. The van der Waals surface area contributed by atoms with Crippen LogP contribution in [0.25, 0.3) is 0 Å². The Balaban J connectivity index is 1.44. The molecule has 1 atom stereocenters. The lowest BCUT2D eigenvalue weighted by Crippen LogP contribution is -2.47. The van der Waals surface area contributed by atoms with E-state index in [1.807, 2.05) is 61.5 Å². The van der Waals surface area contributed by atoms with Gasteiger partial charge in [0.2, 0.25) is 10.0 Å². The number of sulfonamides is 1. The molecule has 43 heavy (non-hydrogen) atoms. The predicted octanol–water partition coefficient (Wildman–Crippen LogP) is 5.32. The molecule has 1 fully saturated rings. The smallest absolute Gasteiger partial charge is 0.259 e. The molecule has 1 heterocycles. The Morgan fingerprint density at radius 2 is 1.33 bits per heavy atom. The first-order valence-corrected chi connectivity index (χ1v) is 15.6. The zero-order chi connectivity index (χ0) is 30.4. The minimum absolute atomic E-state index is 0.0962. The molecule has 0 aliphatic carbocycles. The normalized spacial score (nSPS) is 14.2. The number of anilines is 3. The molecule has 2 N–H and O–H groups in total. The number of carbonyl (C=O) groups excluding carboxylic acids is 1. The van der Waals surface area contributed by atoms with Gasteiger partial charge in [-0.25, -0.2) is 13.1 Å². The van der Waals surface area contributed by atoms with Gasteiger partial charge in [0.15, 0.2) is 0 Å². The number of methoxy groups -OCH3 is 2. The average molecular weight is 601 g/mol. The first-order valence-electron chi connectivity index (χ1n) is 14.1. The molecule has 10 heteroatoms. The van der Waals surface area contributed by atoms with E-state index in [0.29, 0.717) is 48.9 Å². The highest BCUT2D eigenvalue weighted by Crippen LogP contribution is 2.33. The van der Waals surface area contributed by atoms with Gasteiger partial charge >= 0.3 is 0 Å². The number of benzene rings is 4. The lowest BCUT2D eigenvalue weighted by molar-refractivity contribution is 0.102. The fourth-order valence-corrected chi connectivity index (χ4v) is 6.77. The van der Waals surface area contributed by atoms with Crippen LogP contribution in [0.4, 0.5) is 17.1 Å². The molecule has 4 aromatic carbocycles. The highest BCUT2D eigenvalue weighted by Gasteiger charge is 2.28. The van der Waals surface area contributed by atoms with E-state index in [1.165, 1.54) is 13.2 Å². The number of ether oxygens (including phenoxy) is 2. The van der Waals surface area contributed by atoms with Gasteiger partial charge in [-0.15, -0.1) is 0 Å². The molecular formula is C33H36N4O5S. The number of piperazine rings is 1. The summed E-state index contributed by atoms with van der Waals surface area (Å²) in [6, 6.07) is 28.7. The summed E-state index contributed by atoms with van der Waals surface area (Å²) >= 11 is 0. The number of nitrogens with zero attached hydrogens (tertiary/aromatic N) is 2. The summed E-state index contributed by atoms with van der Waals surface area (Å²) in [5.41, 5.74) is 3.13. The second kappa shape index (κ2) is 13.2. The third kappa shape index (κ3) is 6.76. The van der Waals surface area contributed by atoms with Gasteiger partial charge in [-0.2, -0.15) is 0 Å². The summed E-state index contributed by atoms with van der Waals surface area (Å²) in [5.74, 6) is 0.828. The molecular weight excluding hydrogens is 564 g/mol. The number of para-hydroxylation sites is 3. The van der Waals surface area contributed by atoms with E-state index in [1.54, 1.807) is 43.5 Å². The highest BCUT2D eigenvalue weighted by atomic mass is 32.2. The second-order valence-electron chi connectivity index (χ2n) is 10.2. The zero-order valence-electron chi connectivity index (χ0n) is 24.5. The molecule has 5 rings (SSSR count). The van der Waals surface area contributed by atoms with Crippen LogP contribution in [0.5, 0.6) is 11.5 Å². The molecule has 224 valence electrons. The maximum Gasteiger partial charge on any atom is 0.259 e. The van der Waals surface area contributed by atoms with Gasteiger partial charge < -0.3 is 24.6 Å². The van der Waals surface area contributed by atoms with Crippen molar-refractivity contribution < 1.29 is 22.7 Å². The molecule has 1 amide bonds. The molecule has 0 unspecified atom stereocenters. The van der Waals surface area contributed by atoms with E-state index in [-0.39, 0.29) is 4.90 Å². The molecule has 1 aliphatic rings. The first-order chi connectivity index (χ1) is 20.8. The Hall–Kier alpha value is -4.54. The van der Waals surface area contributed by atoms with Gasteiger partial charge in [-0.1, -0.05) is 54.6 Å². The lowest BCUT2D eigenvalue weighted by Gasteiger charge is -2.38. The second-order valence-corrected chi connectivity index (χ2v) is 11.9. The third-order valence-corrected chi connectivity index (χ3v) is 9.11. The van der Waals surface area contributed by atoms with Crippen molar-refractivity contribution in [3.63, 3.8) is 0 Å². The fraction of sp³-hybridized carbons (Fsp3) is 0.242. The van der Waals surface area contributed by atoms with E-state index in [4.69, 9.17) is 9.47 Å². The Bertz CT molecular complexity index is 1670. The van der Waals surface area contributed by atoms with Crippen LogP contribution in [0, 0.1) is 0 Å². The van der Waals surface area contributed by atoms with E-state index >= 15 is 0 Å². The van der Waals surface area contributed by atoms with E-state index < -0.39 is 22.0 Å². The quantitative estimate of drug-likeness (QED) is 0.254. The van der Waals surface area contributed by atoms with E-state index in [2.05, 4.69) is 19.8 Å². The summed E-state index contributed by atoms with van der Waals surface area (Å²) in [6.45, 7) is 4.37. The summed E-state index contributed by atoms with van der Waals surface area (Å²) in [5, 5.41) is 2.85. The Kier molecular flexibility index (Phi) is 9.18. The number of nitrogens with one attached hydrogen (secondary N) is 2. The number of hydrogen-bond acceptors (Lipinski definition) is 7. The fourth-order valence-electron chi connectivity index (χ4n) is 5.28. The molecule has 1 aliphatic heterocycles. The van der Waals surface area contributed by atoms with E-state index in [0.717, 1.165) is 17.0 Å². The first kappa shape index (κ1) is 29.9. The average Bonchev–Trinajstić information content (AvgIpc) is 3.05. The lowest BCUT2D eigenvalue weighted by atomic mass is 10.1. The van der Waals surface area contributed by atoms with Gasteiger partial charge in [0.1, 0.15) is 16.4 Å². The Labute approximate surface area is 253 Å². The Morgan fingerprint density at radius 3 is 2.00 bits per heavy atom. The van der Waals surface area contributed by atoms with Gasteiger partial charge in [0.25, 0.3) is 5.91 Å². The number of carbonyl (C=O) groups is 1. The molecule has 0 spiro atoms. The maximum atomic E-state index is 14.0. The molecule has 1 saturated heterocycles. The number of rotatable bonds is 10. The number of amides is 1. The monoisotopic (exact) mass is 600 g/mol. The summed E-state index contributed by atoms with van der Waals surface area (Å²) < 4.78 is 41.6. The minimum Gasteiger partial charge on any atom is -0.496 e. The summed E-state index contributed by atoms with van der Waals surface area (Å²) in [6.07, 6.45) is 0. The van der Waals surface area contributed by atoms with Crippen LogP contribution in [0.3, 0.4) is 0 Å². The Morgan fingerprint density at radius 1 is 0.744 bits per heavy atom. The van der Waals surface area contributed by atoms with Gasteiger partial charge in [-0.05, 0) is 55.0 Å². The number of hydrogen-bond donors (Lipinski definition) is 2. The molecule has 0 radical (unpaired) electrons. The topological polar surface area (TPSA) is 100 Å². The van der Waals surface area contributed by atoms with Crippen LogP contribution in [0.2, 0.25) is 0 Å². The molecule has 0 bridgehead atoms. The zero-order valence-corrected chi connectivity index (χ0v) is 25.3. The minimum atomic E-state index is -4.00. The summed E-state index contributed by atoms with van der Waals surface area (Å²) in [4.78, 5) is 17.5. The summed E-state index contributed by atoms with van der Waals surface area (Å²) in [7, 11) is -0.846. The van der Waals surface area contributed by atoms with Crippen LogP contribution in [0.1, 0.15) is 28.9 Å². The molecule has 0 aromatic heterocycles. The SMILES string of the molecule is COc1ccccc1C(=O)Nc1ccc(N2CCN(c3ccccc3OC)CC2)c(S(=O)(=O)N[C@H](C)c2ccccc2)c1. The van der Waals surface area contributed by atoms with Gasteiger partial charge in [0.05, 0.1) is 31.2 Å². The van der Waals surface area contributed by atoms with Crippen LogP contribution in [-0.2, 0) is 10.0 Å². The van der Waals surface area contributed by atoms with Crippen molar-refractivity contribution in [2.45, 2.75) is 17.9 Å². The molecule has 9 nitrogen and oxygen atoms in total. The van der Waals surface area contributed by atoms with Crippen LogP contribution in [0.15, 0.2) is 102 Å². The van der Waals surface area contributed by atoms with Crippen molar-refractivity contribution in [1.82, 2.24) is 4.72 Å². The van der Waals surface area contributed by atoms with Crippen molar-refractivity contribution in [1.29, 1.82) is 0 Å². The molecule has 0 saturated carbocycles. The van der Waals surface area contributed by atoms with Gasteiger partial charge in [0, 0.05) is 37.9 Å². The van der Waals surface area contributed by atoms with Crippen LogP contribution < -0.4 is 29.3 Å². The van der Waals surface area contributed by atoms with Crippen molar-refractivity contribution >= 4 is 33.0 Å². The van der Waals surface area contributed by atoms with Gasteiger partial charge in [-0.3, -0.25) is 4.79 Å². The van der Waals surface area contributed by atoms with Crippen molar-refractivity contribution in [2.75, 3.05) is 55.5 Å². The van der Waals surface area contributed by atoms with Crippen molar-refractivity contribution in [3.05, 3.63) is 108 Å². The largest absolute Gasteiger partial charge is 0.496 e. The molecule has 4 aromatic rings. The van der Waals surface area contributed by atoms with Crippen LogP contribution in [-0.4, -0.2) is 54.7 Å². The van der Waals surface area contributed by atoms with E-state index in [9.17, 15) is 13.2 Å². The predicted molar refractivity (Wildman–Crippen MR) is 170 cm³/mol. The van der Waals surface area contributed by atoms with Crippen molar-refractivity contribution in [2.24, 2.45) is 0 Å². The van der Waals surface area contributed by atoms with Crippen LogP contribution >= 0.6 is 0 Å². The van der Waals surface area contributed by atoms with Crippen molar-refractivity contribution in [3.8, 4) is 11.5 Å². The standard InChI is InChI=1S/C33H36N4O5S/c1-24(25-11-5-4-6-12-25)35-43(39,40)32-23-26(34-33(38)27-13-7-9-15-30(27)41-2)17-18-29(32)37-21-19-36(20-22-37)28-14-8-10-16-31(28)42-3/h4-18,23-24,35H,19-22H2,1-3H3,(H,34,38)/t24-/m1/s1.